The summed E-state index contributed by atoms with van der Waals surface area (Å²) >= 11 is 0. The van der Waals surface area contributed by atoms with Crippen molar-refractivity contribution < 1.29 is 4.79 Å². The summed E-state index contributed by atoms with van der Waals surface area (Å²) in [5.74, 6) is 2.81. The van der Waals surface area contributed by atoms with E-state index in [1.54, 1.807) is 6.92 Å². The first-order valence-corrected chi connectivity index (χ1v) is 4.61. The van der Waals surface area contributed by atoms with Crippen molar-refractivity contribution >= 4 is 5.78 Å². The van der Waals surface area contributed by atoms with Gasteiger partial charge in [0, 0.05) is 0 Å². The number of carbonyl (C=O) groups is 1. The van der Waals surface area contributed by atoms with Crippen molar-refractivity contribution in [2.75, 3.05) is 0 Å². The van der Waals surface area contributed by atoms with E-state index in [0.717, 1.165) is 25.7 Å². The van der Waals surface area contributed by atoms with Gasteiger partial charge < -0.3 is 0 Å². The monoisotopic (exact) mass is 166 g/mol. The first-order valence-electron chi connectivity index (χ1n) is 4.61. The summed E-state index contributed by atoms with van der Waals surface area (Å²) in [6, 6.07) is 0. The molecule has 0 rings (SSSR count). The van der Waals surface area contributed by atoms with E-state index >= 15 is 0 Å². The van der Waals surface area contributed by atoms with Crippen LogP contribution in [-0.2, 0) is 4.79 Å². The van der Waals surface area contributed by atoms with Crippen LogP contribution >= 0.6 is 0 Å². The first-order chi connectivity index (χ1) is 5.63. The lowest BCUT2D eigenvalue weighted by Gasteiger charge is -2.24. The molecule has 0 aromatic carbocycles. The highest BCUT2D eigenvalue weighted by Gasteiger charge is 2.30. The predicted octanol–water partition coefficient (Wildman–Crippen LogP) is 2.80. The molecule has 0 bridgehead atoms. The van der Waals surface area contributed by atoms with E-state index in [2.05, 4.69) is 19.8 Å². The van der Waals surface area contributed by atoms with Gasteiger partial charge in [-0.2, -0.15) is 0 Å². The maximum atomic E-state index is 11.3. The summed E-state index contributed by atoms with van der Waals surface area (Å²) in [5.41, 5.74) is -0.469. The zero-order chi connectivity index (χ0) is 9.61. The molecule has 0 atom stereocenters. The number of rotatable bonds is 5. The smallest absolute Gasteiger partial charge is 0.147 e. The van der Waals surface area contributed by atoms with Crippen molar-refractivity contribution in [3.05, 3.63) is 0 Å². The van der Waals surface area contributed by atoms with Crippen LogP contribution in [0.4, 0.5) is 0 Å². The van der Waals surface area contributed by atoms with Crippen LogP contribution in [0, 0.1) is 17.8 Å². The Hall–Kier alpha value is -0.770. The molecule has 0 amide bonds. The lowest BCUT2D eigenvalue weighted by Crippen LogP contribution is -2.27. The average molecular weight is 166 g/mol. The van der Waals surface area contributed by atoms with Crippen LogP contribution in [-0.4, -0.2) is 5.78 Å². The van der Waals surface area contributed by atoms with Gasteiger partial charge in [-0.25, -0.2) is 0 Å². The maximum absolute atomic E-state index is 11.3. The second kappa shape index (κ2) is 4.98. The minimum atomic E-state index is -0.469. The van der Waals surface area contributed by atoms with Crippen molar-refractivity contribution in [2.24, 2.45) is 5.41 Å². The molecule has 12 heavy (non-hydrogen) atoms. The Balaban J connectivity index is 4.54. The molecule has 0 aliphatic carbocycles. The van der Waals surface area contributed by atoms with Crippen molar-refractivity contribution in [3.8, 4) is 12.3 Å². The summed E-state index contributed by atoms with van der Waals surface area (Å²) in [7, 11) is 0. The number of Topliss-reactive ketones (excluding diaryl/α,β-unsaturated/α-hetero) is 1. The molecule has 0 aliphatic rings. The van der Waals surface area contributed by atoms with Gasteiger partial charge in [0.2, 0.25) is 0 Å². The predicted molar refractivity (Wildman–Crippen MR) is 51.8 cm³/mol. The minimum absolute atomic E-state index is 0.147. The second-order valence-corrected chi connectivity index (χ2v) is 3.28. The molecule has 0 spiro atoms. The van der Waals surface area contributed by atoms with Crippen LogP contribution in [0.15, 0.2) is 0 Å². The van der Waals surface area contributed by atoms with Crippen molar-refractivity contribution in [1.29, 1.82) is 0 Å². The van der Waals surface area contributed by atoms with Gasteiger partial charge in [-0.1, -0.05) is 32.6 Å². The lowest BCUT2D eigenvalue weighted by atomic mass is 9.77. The first kappa shape index (κ1) is 11.2. The van der Waals surface area contributed by atoms with Crippen molar-refractivity contribution in [3.63, 3.8) is 0 Å². The number of hydrogen-bond donors (Lipinski definition) is 0. The van der Waals surface area contributed by atoms with E-state index in [-0.39, 0.29) is 5.78 Å². The highest BCUT2D eigenvalue weighted by atomic mass is 16.1. The third kappa shape index (κ3) is 2.37. The Morgan fingerprint density at radius 3 is 1.92 bits per heavy atom. The summed E-state index contributed by atoms with van der Waals surface area (Å²) in [6.07, 6.45) is 9.01. The largest absolute Gasteiger partial charge is 0.298 e. The summed E-state index contributed by atoms with van der Waals surface area (Å²) in [6.45, 7) is 5.72. The van der Waals surface area contributed by atoms with E-state index in [1.165, 1.54) is 0 Å². The van der Waals surface area contributed by atoms with E-state index < -0.39 is 5.41 Å². The molecule has 1 nitrogen and oxygen atoms in total. The third-order valence-electron chi connectivity index (χ3n) is 2.30. The highest BCUT2D eigenvalue weighted by molar-refractivity contribution is 5.85. The molecule has 0 aromatic rings. The zero-order valence-electron chi connectivity index (χ0n) is 8.31. The summed E-state index contributed by atoms with van der Waals surface area (Å²) in [5, 5.41) is 0. The minimum Gasteiger partial charge on any atom is -0.298 e. The van der Waals surface area contributed by atoms with Gasteiger partial charge in [-0.05, 0) is 19.8 Å². The van der Waals surface area contributed by atoms with E-state index in [4.69, 9.17) is 6.42 Å². The molecule has 0 heterocycles. The SMILES string of the molecule is C#CC(CCC)(CCC)C(C)=O. The molecule has 0 unspecified atom stereocenters. The average Bonchev–Trinajstić information content (AvgIpc) is 2.03. The second-order valence-electron chi connectivity index (χ2n) is 3.28. The van der Waals surface area contributed by atoms with Crippen LogP contribution in [0.5, 0.6) is 0 Å². The van der Waals surface area contributed by atoms with Gasteiger partial charge in [-0.3, -0.25) is 4.79 Å². The fraction of sp³-hybridized carbons (Fsp3) is 0.727. The molecular formula is C11H18O. The van der Waals surface area contributed by atoms with Gasteiger partial charge in [-0.15, -0.1) is 6.42 Å². The Labute approximate surface area is 75.5 Å². The van der Waals surface area contributed by atoms with Crippen LogP contribution in [0.3, 0.4) is 0 Å². The highest BCUT2D eigenvalue weighted by Crippen LogP contribution is 2.29. The van der Waals surface area contributed by atoms with E-state index in [9.17, 15) is 4.79 Å². The van der Waals surface area contributed by atoms with Gasteiger partial charge in [0.05, 0.1) is 5.41 Å². The number of terminal acetylenes is 1. The van der Waals surface area contributed by atoms with Gasteiger partial charge in [0.15, 0.2) is 0 Å². The number of hydrogen-bond acceptors (Lipinski definition) is 1. The molecule has 0 N–H and O–H groups in total. The van der Waals surface area contributed by atoms with Crippen LogP contribution < -0.4 is 0 Å². The Bertz CT molecular complexity index is 180. The molecule has 0 aliphatic heterocycles. The number of ketones is 1. The fourth-order valence-corrected chi connectivity index (χ4v) is 1.58. The Morgan fingerprint density at radius 2 is 1.75 bits per heavy atom. The zero-order valence-corrected chi connectivity index (χ0v) is 8.31. The fourth-order valence-electron chi connectivity index (χ4n) is 1.58. The van der Waals surface area contributed by atoms with Crippen LogP contribution in [0.1, 0.15) is 46.5 Å². The van der Waals surface area contributed by atoms with E-state index in [0.29, 0.717) is 0 Å². The van der Waals surface area contributed by atoms with Crippen LogP contribution in [0.2, 0.25) is 0 Å². The van der Waals surface area contributed by atoms with Crippen LogP contribution in [0.25, 0.3) is 0 Å². The van der Waals surface area contributed by atoms with Crippen molar-refractivity contribution in [2.45, 2.75) is 46.5 Å². The Morgan fingerprint density at radius 1 is 1.33 bits per heavy atom. The van der Waals surface area contributed by atoms with Gasteiger partial charge in [0.1, 0.15) is 5.78 Å². The van der Waals surface area contributed by atoms with Gasteiger partial charge >= 0.3 is 0 Å². The third-order valence-corrected chi connectivity index (χ3v) is 2.30. The van der Waals surface area contributed by atoms with E-state index in [1.807, 2.05) is 0 Å². The molecule has 1 heteroatoms. The lowest BCUT2D eigenvalue weighted by molar-refractivity contribution is -0.124. The standard InChI is InChI=1S/C11H18O/c1-5-8-11(7-3,9-6-2)10(4)12/h3H,5-6,8-9H2,1-2,4H3. The Kier molecular flexibility index (Phi) is 4.66. The molecule has 0 saturated heterocycles. The molecule has 0 radical (unpaired) electrons. The quantitative estimate of drug-likeness (QED) is 0.574. The normalized spacial score (nSPS) is 10.8. The summed E-state index contributed by atoms with van der Waals surface area (Å²) < 4.78 is 0. The van der Waals surface area contributed by atoms with Gasteiger partial charge in [0.25, 0.3) is 0 Å². The number of carbonyl (C=O) groups excluding carboxylic acids is 1. The van der Waals surface area contributed by atoms with Crippen molar-refractivity contribution in [1.82, 2.24) is 0 Å². The molecular weight excluding hydrogens is 148 g/mol. The topological polar surface area (TPSA) is 17.1 Å². The molecule has 68 valence electrons. The molecule has 0 saturated carbocycles. The maximum Gasteiger partial charge on any atom is 0.147 e. The summed E-state index contributed by atoms with van der Waals surface area (Å²) in [4.78, 5) is 11.3. The molecule has 0 aromatic heterocycles. The molecule has 0 fully saturated rings.